The molecular formula is C18H22N6O3S. The van der Waals surface area contributed by atoms with Crippen molar-refractivity contribution >= 4 is 15.8 Å². The minimum absolute atomic E-state index is 0.104. The number of rotatable bonds is 8. The molecule has 2 N–H and O–H groups in total. The Labute approximate surface area is 163 Å². The molecule has 10 heteroatoms. The van der Waals surface area contributed by atoms with Gasteiger partial charge in [-0.25, -0.2) is 28.1 Å². The SMILES string of the molecule is COc1ccccc1S(=O)(=O)NCCNc1cc(-n2cnc(C)c2C)ncn1. The van der Waals surface area contributed by atoms with Crippen LogP contribution in [0, 0.1) is 13.8 Å². The first kappa shape index (κ1) is 19.8. The fourth-order valence-corrected chi connectivity index (χ4v) is 3.80. The van der Waals surface area contributed by atoms with Gasteiger partial charge in [0.2, 0.25) is 10.0 Å². The molecule has 0 radical (unpaired) electrons. The molecule has 9 nitrogen and oxygen atoms in total. The number of aryl methyl sites for hydroxylation is 1. The van der Waals surface area contributed by atoms with Crippen molar-refractivity contribution in [2.24, 2.45) is 0 Å². The third kappa shape index (κ3) is 4.29. The van der Waals surface area contributed by atoms with Crippen LogP contribution in [0.2, 0.25) is 0 Å². The van der Waals surface area contributed by atoms with E-state index >= 15 is 0 Å². The molecule has 0 aliphatic heterocycles. The summed E-state index contributed by atoms with van der Waals surface area (Å²) in [6.45, 7) is 4.43. The van der Waals surface area contributed by atoms with E-state index in [4.69, 9.17) is 4.74 Å². The van der Waals surface area contributed by atoms with Crippen LogP contribution >= 0.6 is 0 Å². The number of para-hydroxylation sites is 1. The zero-order valence-corrected chi connectivity index (χ0v) is 16.7. The van der Waals surface area contributed by atoms with Gasteiger partial charge in [0.1, 0.15) is 34.9 Å². The summed E-state index contributed by atoms with van der Waals surface area (Å²) in [4.78, 5) is 12.8. The standard InChI is InChI=1S/C18H22N6O3S/c1-13-14(2)24(12-22-13)18-10-17(20-11-21-18)19-8-9-23-28(25,26)16-7-5-4-6-15(16)27-3/h4-7,10-12,23H,8-9H2,1-3H3,(H,19,20,21). The predicted octanol–water partition coefficient (Wildman–Crippen LogP) is 1.68. The highest BCUT2D eigenvalue weighted by molar-refractivity contribution is 7.89. The second-order valence-corrected chi connectivity index (χ2v) is 7.76. The van der Waals surface area contributed by atoms with E-state index in [0.29, 0.717) is 23.9 Å². The quantitative estimate of drug-likeness (QED) is 0.552. The van der Waals surface area contributed by atoms with Crippen LogP contribution in [-0.2, 0) is 10.0 Å². The van der Waals surface area contributed by atoms with Crippen molar-refractivity contribution < 1.29 is 13.2 Å². The highest BCUT2D eigenvalue weighted by atomic mass is 32.2. The average molecular weight is 402 g/mol. The molecule has 0 atom stereocenters. The molecule has 28 heavy (non-hydrogen) atoms. The maximum absolute atomic E-state index is 12.4. The number of nitrogens with one attached hydrogen (secondary N) is 2. The van der Waals surface area contributed by atoms with Crippen LogP contribution in [0.1, 0.15) is 11.4 Å². The summed E-state index contributed by atoms with van der Waals surface area (Å²) >= 11 is 0. The molecule has 3 rings (SSSR count). The van der Waals surface area contributed by atoms with E-state index in [1.54, 1.807) is 30.6 Å². The molecule has 0 fully saturated rings. The number of benzene rings is 1. The summed E-state index contributed by atoms with van der Waals surface area (Å²) in [6, 6.07) is 8.26. The number of ether oxygens (including phenoxy) is 1. The Morgan fingerprint density at radius 3 is 2.61 bits per heavy atom. The first-order valence-electron chi connectivity index (χ1n) is 8.62. The Bertz CT molecular complexity index is 1060. The first-order valence-corrected chi connectivity index (χ1v) is 10.1. The van der Waals surface area contributed by atoms with Gasteiger partial charge in [0.05, 0.1) is 12.8 Å². The molecule has 0 saturated carbocycles. The number of hydrogen-bond acceptors (Lipinski definition) is 7. The van der Waals surface area contributed by atoms with Crippen LogP contribution < -0.4 is 14.8 Å². The monoisotopic (exact) mass is 402 g/mol. The summed E-state index contributed by atoms with van der Waals surface area (Å²) < 4.78 is 34.4. The van der Waals surface area contributed by atoms with Gasteiger partial charge >= 0.3 is 0 Å². The van der Waals surface area contributed by atoms with Gasteiger partial charge < -0.3 is 10.1 Å². The Morgan fingerprint density at radius 1 is 1.11 bits per heavy atom. The molecule has 0 aliphatic carbocycles. The fourth-order valence-electron chi connectivity index (χ4n) is 2.60. The van der Waals surface area contributed by atoms with Crippen molar-refractivity contribution in [2.45, 2.75) is 18.7 Å². The minimum Gasteiger partial charge on any atom is -0.495 e. The topological polar surface area (TPSA) is 111 Å². The van der Waals surface area contributed by atoms with E-state index in [2.05, 4.69) is 25.0 Å². The van der Waals surface area contributed by atoms with Crippen molar-refractivity contribution in [1.29, 1.82) is 0 Å². The van der Waals surface area contributed by atoms with E-state index in [0.717, 1.165) is 11.4 Å². The third-order valence-electron chi connectivity index (χ3n) is 4.23. The average Bonchev–Trinajstić information content (AvgIpc) is 3.04. The molecule has 2 aromatic heterocycles. The second kappa shape index (κ2) is 8.36. The summed E-state index contributed by atoms with van der Waals surface area (Å²) in [6.07, 6.45) is 3.16. The second-order valence-electron chi connectivity index (χ2n) is 6.02. The molecule has 0 spiro atoms. The zero-order chi connectivity index (χ0) is 20.1. The van der Waals surface area contributed by atoms with Gasteiger partial charge in [0.25, 0.3) is 0 Å². The third-order valence-corrected chi connectivity index (χ3v) is 5.73. The van der Waals surface area contributed by atoms with E-state index in [-0.39, 0.29) is 11.4 Å². The Kier molecular flexibility index (Phi) is 5.90. The highest BCUT2D eigenvalue weighted by Gasteiger charge is 2.18. The normalized spacial score (nSPS) is 11.4. The molecule has 2 heterocycles. The molecule has 0 saturated heterocycles. The van der Waals surface area contributed by atoms with Crippen LogP contribution in [0.3, 0.4) is 0 Å². The van der Waals surface area contributed by atoms with Gasteiger partial charge in [0, 0.05) is 24.8 Å². The summed E-state index contributed by atoms with van der Waals surface area (Å²) in [5, 5.41) is 3.09. The maximum Gasteiger partial charge on any atom is 0.244 e. The molecular weight excluding hydrogens is 380 g/mol. The van der Waals surface area contributed by atoms with Crippen LogP contribution in [0.5, 0.6) is 5.75 Å². The molecule has 148 valence electrons. The number of anilines is 1. The lowest BCUT2D eigenvalue weighted by atomic mass is 10.3. The predicted molar refractivity (Wildman–Crippen MR) is 105 cm³/mol. The Hall–Kier alpha value is -2.98. The van der Waals surface area contributed by atoms with Crippen molar-refractivity contribution in [3.63, 3.8) is 0 Å². The lowest BCUT2D eigenvalue weighted by Gasteiger charge is -2.11. The lowest BCUT2D eigenvalue weighted by molar-refractivity contribution is 0.402. The van der Waals surface area contributed by atoms with Gasteiger partial charge in [-0.05, 0) is 26.0 Å². The smallest absolute Gasteiger partial charge is 0.244 e. The number of methoxy groups -OCH3 is 1. The van der Waals surface area contributed by atoms with Gasteiger partial charge in [-0.15, -0.1) is 0 Å². The molecule has 0 aliphatic rings. The molecule has 3 aromatic rings. The number of imidazole rings is 1. The molecule has 0 unspecified atom stereocenters. The van der Waals surface area contributed by atoms with Crippen LogP contribution in [0.25, 0.3) is 5.82 Å². The lowest BCUT2D eigenvalue weighted by Crippen LogP contribution is -2.29. The Balaban J connectivity index is 1.61. The van der Waals surface area contributed by atoms with Crippen molar-refractivity contribution in [2.75, 3.05) is 25.5 Å². The van der Waals surface area contributed by atoms with Gasteiger partial charge in [-0.1, -0.05) is 12.1 Å². The van der Waals surface area contributed by atoms with Gasteiger partial charge in [-0.3, -0.25) is 4.57 Å². The summed E-state index contributed by atoms with van der Waals surface area (Å²) in [5.41, 5.74) is 1.92. The fraction of sp³-hybridized carbons (Fsp3) is 0.278. The van der Waals surface area contributed by atoms with Crippen LogP contribution in [-0.4, -0.2) is 48.1 Å². The number of nitrogens with zero attached hydrogens (tertiary/aromatic N) is 4. The van der Waals surface area contributed by atoms with Crippen molar-refractivity contribution in [3.8, 4) is 11.6 Å². The van der Waals surface area contributed by atoms with E-state index < -0.39 is 10.0 Å². The van der Waals surface area contributed by atoms with Crippen LogP contribution in [0.15, 0.2) is 47.9 Å². The van der Waals surface area contributed by atoms with E-state index in [9.17, 15) is 8.42 Å². The van der Waals surface area contributed by atoms with Crippen LogP contribution in [0.4, 0.5) is 5.82 Å². The number of aromatic nitrogens is 4. The van der Waals surface area contributed by atoms with E-state index in [1.165, 1.54) is 19.5 Å². The Morgan fingerprint density at radius 2 is 1.89 bits per heavy atom. The van der Waals surface area contributed by atoms with Gasteiger partial charge in [-0.2, -0.15) is 0 Å². The summed E-state index contributed by atoms with van der Waals surface area (Å²) in [7, 11) is -2.24. The number of hydrogen-bond donors (Lipinski definition) is 2. The van der Waals surface area contributed by atoms with Crippen molar-refractivity contribution in [3.05, 3.63) is 54.4 Å². The highest BCUT2D eigenvalue weighted by Crippen LogP contribution is 2.22. The molecule has 1 aromatic carbocycles. The zero-order valence-electron chi connectivity index (χ0n) is 15.9. The maximum atomic E-state index is 12.4. The van der Waals surface area contributed by atoms with E-state index in [1.807, 2.05) is 18.4 Å². The van der Waals surface area contributed by atoms with Crippen molar-refractivity contribution in [1.82, 2.24) is 24.2 Å². The summed E-state index contributed by atoms with van der Waals surface area (Å²) in [5.74, 6) is 1.58. The molecule has 0 amide bonds. The number of sulfonamides is 1. The minimum atomic E-state index is -3.67. The molecule has 0 bridgehead atoms. The van der Waals surface area contributed by atoms with Gasteiger partial charge in [0.15, 0.2) is 0 Å². The first-order chi connectivity index (χ1) is 13.4. The largest absolute Gasteiger partial charge is 0.495 e.